The number of rotatable bonds is 2. The minimum absolute atomic E-state index is 0.744. The van der Waals surface area contributed by atoms with Crippen molar-refractivity contribution in [2.24, 2.45) is 5.41 Å². The van der Waals surface area contributed by atoms with Crippen LogP contribution in [0.25, 0.3) is 0 Å². The molecule has 1 spiro atoms. The van der Waals surface area contributed by atoms with Crippen molar-refractivity contribution in [1.29, 1.82) is 0 Å². The summed E-state index contributed by atoms with van der Waals surface area (Å²) < 4.78 is 2.53. The Hall–Kier alpha value is -0.0400. The van der Waals surface area contributed by atoms with E-state index in [0.29, 0.717) is 0 Å². The van der Waals surface area contributed by atoms with Gasteiger partial charge in [-0.15, -0.1) is 9.24 Å². The lowest BCUT2D eigenvalue weighted by Gasteiger charge is -2.14. The van der Waals surface area contributed by atoms with E-state index in [-0.39, 0.29) is 0 Å². The molecule has 1 aliphatic carbocycles. The van der Waals surface area contributed by atoms with Gasteiger partial charge in [0.1, 0.15) is 0 Å². The van der Waals surface area contributed by atoms with Crippen molar-refractivity contribution >= 4 is 26.5 Å². The summed E-state index contributed by atoms with van der Waals surface area (Å²) >= 11 is 1.93. The predicted octanol–water partition coefficient (Wildman–Crippen LogP) is 2.68. The van der Waals surface area contributed by atoms with Gasteiger partial charge in [0.2, 0.25) is 0 Å². The molecule has 0 amide bonds. The molecular weight excluding hydrogens is 221 g/mol. The monoisotopic (exact) mass is 237 g/mol. The Bertz CT molecular complexity index is 358. The molecule has 2 aliphatic rings. The van der Waals surface area contributed by atoms with Crippen LogP contribution in [0.5, 0.6) is 0 Å². The Kier molecular flexibility index (Phi) is 2.54. The zero-order valence-corrected chi connectivity index (χ0v) is 10.7. The third-order valence-corrected chi connectivity index (χ3v) is 4.91. The van der Waals surface area contributed by atoms with Crippen LogP contribution in [-0.4, -0.2) is 17.4 Å². The van der Waals surface area contributed by atoms with Crippen LogP contribution in [0.3, 0.4) is 0 Å². The summed E-state index contributed by atoms with van der Waals surface area (Å²) in [6.45, 7) is 2.58. The van der Waals surface area contributed by atoms with Gasteiger partial charge in [-0.3, -0.25) is 0 Å². The molecule has 1 saturated carbocycles. The topological polar surface area (TPSA) is 3.24 Å². The van der Waals surface area contributed by atoms with Crippen molar-refractivity contribution in [1.82, 2.24) is 4.31 Å². The van der Waals surface area contributed by atoms with Gasteiger partial charge in [0.25, 0.3) is 0 Å². The molecule has 3 rings (SSSR count). The first kappa shape index (κ1) is 10.1. The number of hydrogen-bond acceptors (Lipinski definition) is 2. The minimum Gasteiger partial charge on any atom is -0.246 e. The maximum Gasteiger partial charge on any atom is 0.0230 e. The molecule has 0 aromatic heterocycles. The SMILES string of the molecule is Pc1ccc(SN2CCC3(CC3)C2)cc1. The van der Waals surface area contributed by atoms with Gasteiger partial charge in [-0.1, -0.05) is 12.1 Å². The second kappa shape index (κ2) is 3.76. The Morgan fingerprint density at radius 3 is 2.47 bits per heavy atom. The average Bonchev–Trinajstić information content (AvgIpc) is 2.86. The number of nitrogens with zero attached hydrogens (tertiary/aromatic N) is 1. The fourth-order valence-electron chi connectivity index (χ4n) is 2.23. The van der Waals surface area contributed by atoms with Crippen LogP contribution in [0.4, 0.5) is 0 Å². The van der Waals surface area contributed by atoms with Gasteiger partial charge in [0.05, 0.1) is 0 Å². The van der Waals surface area contributed by atoms with Crippen molar-refractivity contribution in [2.45, 2.75) is 24.2 Å². The molecule has 0 bridgehead atoms. The molecule has 2 fully saturated rings. The van der Waals surface area contributed by atoms with E-state index in [2.05, 4.69) is 37.8 Å². The molecule has 1 aromatic rings. The normalized spacial score (nSPS) is 23.5. The first-order valence-corrected chi connectivity index (χ1v) is 6.89. The highest BCUT2D eigenvalue weighted by atomic mass is 32.2. The van der Waals surface area contributed by atoms with Gasteiger partial charge in [-0.2, -0.15) is 0 Å². The summed E-state index contributed by atoms with van der Waals surface area (Å²) in [6, 6.07) is 8.75. The van der Waals surface area contributed by atoms with E-state index >= 15 is 0 Å². The zero-order valence-electron chi connectivity index (χ0n) is 8.78. The lowest BCUT2D eigenvalue weighted by Crippen LogP contribution is -2.12. The molecule has 1 nitrogen and oxygen atoms in total. The molecule has 15 heavy (non-hydrogen) atoms. The Morgan fingerprint density at radius 2 is 1.87 bits per heavy atom. The van der Waals surface area contributed by atoms with E-state index in [1.165, 1.54) is 42.6 Å². The molecule has 1 aromatic carbocycles. The van der Waals surface area contributed by atoms with E-state index in [0.717, 1.165) is 5.41 Å². The molecule has 1 aliphatic heterocycles. The maximum atomic E-state index is 2.73. The van der Waals surface area contributed by atoms with Crippen LogP contribution in [0.15, 0.2) is 29.2 Å². The highest BCUT2D eigenvalue weighted by molar-refractivity contribution is 7.97. The first-order valence-electron chi connectivity index (χ1n) is 5.54. The summed E-state index contributed by atoms with van der Waals surface area (Å²) in [5.74, 6) is 0. The highest BCUT2D eigenvalue weighted by Crippen LogP contribution is 2.54. The molecule has 1 unspecified atom stereocenters. The van der Waals surface area contributed by atoms with Crippen molar-refractivity contribution in [3.63, 3.8) is 0 Å². The third kappa shape index (κ3) is 2.22. The predicted molar refractivity (Wildman–Crippen MR) is 69.5 cm³/mol. The molecule has 0 radical (unpaired) electrons. The Balaban J connectivity index is 1.63. The van der Waals surface area contributed by atoms with Gasteiger partial charge < -0.3 is 0 Å². The second-order valence-electron chi connectivity index (χ2n) is 4.77. The fourth-order valence-corrected chi connectivity index (χ4v) is 3.50. The van der Waals surface area contributed by atoms with Gasteiger partial charge in [0, 0.05) is 18.0 Å². The van der Waals surface area contributed by atoms with Crippen LogP contribution in [0.1, 0.15) is 19.3 Å². The highest BCUT2D eigenvalue weighted by Gasteiger charge is 2.47. The summed E-state index contributed by atoms with van der Waals surface area (Å²) in [5.41, 5.74) is 0.744. The smallest absolute Gasteiger partial charge is 0.0230 e. The average molecular weight is 237 g/mol. The summed E-state index contributed by atoms with van der Waals surface area (Å²) in [5, 5.41) is 1.26. The van der Waals surface area contributed by atoms with Crippen molar-refractivity contribution in [2.75, 3.05) is 13.1 Å². The van der Waals surface area contributed by atoms with E-state index in [1.807, 2.05) is 11.9 Å². The maximum absolute atomic E-state index is 2.73. The molecule has 80 valence electrons. The molecule has 1 heterocycles. The minimum atomic E-state index is 0.744. The summed E-state index contributed by atoms with van der Waals surface area (Å²) in [6.07, 6.45) is 4.35. The van der Waals surface area contributed by atoms with Gasteiger partial charge >= 0.3 is 0 Å². The first-order chi connectivity index (χ1) is 7.26. The third-order valence-electron chi connectivity index (χ3n) is 3.48. The van der Waals surface area contributed by atoms with Crippen molar-refractivity contribution in [3.05, 3.63) is 24.3 Å². The molecular formula is C12H16NPS. The van der Waals surface area contributed by atoms with Gasteiger partial charge in [-0.05, 0) is 54.1 Å². The van der Waals surface area contributed by atoms with Crippen LogP contribution in [0, 0.1) is 5.41 Å². The number of hydrogen-bond donors (Lipinski definition) is 0. The van der Waals surface area contributed by atoms with Crippen LogP contribution < -0.4 is 5.30 Å². The van der Waals surface area contributed by atoms with E-state index in [9.17, 15) is 0 Å². The van der Waals surface area contributed by atoms with Gasteiger partial charge in [0.15, 0.2) is 0 Å². The Morgan fingerprint density at radius 1 is 1.13 bits per heavy atom. The van der Waals surface area contributed by atoms with E-state index < -0.39 is 0 Å². The molecule has 0 N–H and O–H groups in total. The molecule has 1 saturated heterocycles. The molecule has 3 heteroatoms. The summed E-state index contributed by atoms with van der Waals surface area (Å²) in [7, 11) is 2.73. The second-order valence-corrected chi connectivity index (χ2v) is 6.61. The molecule has 1 atom stereocenters. The largest absolute Gasteiger partial charge is 0.246 e. The summed E-state index contributed by atoms with van der Waals surface area (Å²) in [4.78, 5) is 1.37. The lowest BCUT2D eigenvalue weighted by atomic mass is 10.1. The Labute approximate surface area is 98.0 Å². The van der Waals surface area contributed by atoms with Crippen molar-refractivity contribution < 1.29 is 0 Å². The van der Waals surface area contributed by atoms with Crippen LogP contribution in [0.2, 0.25) is 0 Å². The van der Waals surface area contributed by atoms with Crippen LogP contribution in [-0.2, 0) is 0 Å². The van der Waals surface area contributed by atoms with E-state index in [4.69, 9.17) is 0 Å². The standard InChI is InChI=1S/C12H16NPS/c14-10-1-3-11(4-2-10)15-13-8-7-12(9-13)5-6-12/h1-4H,5-9,14H2. The fraction of sp³-hybridized carbons (Fsp3) is 0.500. The number of benzene rings is 1. The van der Waals surface area contributed by atoms with Gasteiger partial charge in [-0.25, -0.2) is 4.31 Å². The van der Waals surface area contributed by atoms with E-state index in [1.54, 1.807) is 0 Å². The van der Waals surface area contributed by atoms with Crippen molar-refractivity contribution in [3.8, 4) is 0 Å². The lowest BCUT2D eigenvalue weighted by molar-refractivity contribution is 0.511. The van der Waals surface area contributed by atoms with Crippen LogP contribution >= 0.6 is 21.2 Å². The quantitative estimate of drug-likeness (QED) is 0.574. The zero-order chi connectivity index (χ0) is 10.3.